The van der Waals surface area contributed by atoms with Crippen LogP contribution >= 0.6 is 34.0 Å². The van der Waals surface area contributed by atoms with Crippen LogP contribution in [0.25, 0.3) is 67.2 Å². The predicted molar refractivity (Wildman–Crippen MR) is 495 cm³/mol. The predicted octanol–water partition coefficient (Wildman–Crippen LogP) is 14.3. The van der Waals surface area contributed by atoms with E-state index in [1.54, 1.807) is 55.4 Å². The first kappa shape index (κ1) is 96.2. The summed E-state index contributed by atoms with van der Waals surface area (Å²) < 4.78 is 27.5. The van der Waals surface area contributed by atoms with Crippen molar-refractivity contribution in [1.29, 1.82) is 5.26 Å². The lowest BCUT2D eigenvalue weighted by atomic mass is 9.87. The molecule has 0 amide bonds. The Balaban J connectivity index is 0.000000152. The number of hydrogen-bond donors (Lipinski definition) is 13. The number of aliphatic hydroxyl groups excluding tert-OH is 7. The van der Waals surface area contributed by atoms with E-state index in [0.29, 0.717) is 58.1 Å². The molecule has 9 aromatic heterocycles. The molecular weight excluding hydrogens is 1660 g/mol. The minimum absolute atomic E-state index is 0.00000280. The maximum Gasteiger partial charge on any atom is 0.227 e. The van der Waals surface area contributed by atoms with Crippen LogP contribution in [-0.4, -0.2) is 212 Å². The lowest BCUT2D eigenvalue weighted by Crippen LogP contribution is -2.36. The van der Waals surface area contributed by atoms with Crippen LogP contribution in [0.2, 0.25) is 0 Å². The van der Waals surface area contributed by atoms with Gasteiger partial charge in [-0.05, 0) is 164 Å². The minimum Gasteiger partial charge on any atom is -0.396 e. The van der Waals surface area contributed by atoms with Gasteiger partial charge in [0.25, 0.3) is 0 Å². The Morgan fingerprint density at radius 2 is 0.888 bits per heavy atom. The number of anilines is 5. The molecule has 0 radical (unpaired) electrons. The fourth-order valence-corrected chi connectivity index (χ4v) is 20.4. The number of nitrogens with one attached hydrogen (secondary N) is 5. The second-order valence-corrected chi connectivity index (χ2v) is 43.5. The smallest absolute Gasteiger partial charge is 0.227 e. The normalized spacial score (nSPS) is 24.1. The van der Waals surface area contributed by atoms with E-state index in [0.717, 1.165) is 125 Å². The van der Waals surface area contributed by atoms with Crippen molar-refractivity contribution < 1.29 is 49.4 Å². The van der Waals surface area contributed by atoms with Crippen molar-refractivity contribution in [2.45, 2.75) is 271 Å². The average Bonchev–Trinajstić information content (AvgIpc) is 1.61. The maximum atomic E-state index is 12.0. The summed E-state index contributed by atoms with van der Waals surface area (Å²) in [4.78, 5) is 58.5. The van der Waals surface area contributed by atoms with Crippen LogP contribution in [0, 0.1) is 102 Å². The van der Waals surface area contributed by atoms with E-state index < -0.39 is 59.0 Å². The summed E-state index contributed by atoms with van der Waals surface area (Å²) in [5, 5.41) is 98.1. The highest BCUT2D eigenvalue weighted by Crippen LogP contribution is 2.48. The van der Waals surface area contributed by atoms with Crippen molar-refractivity contribution in [3.8, 4) is 37.8 Å². The molecule has 1 aliphatic heterocycles. The number of rotatable bonds is 28. The van der Waals surface area contributed by atoms with E-state index in [1.807, 2.05) is 79.7 Å². The van der Waals surface area contributed by atoms with Crippen molar-refractivity contribution in [1.82, 2.24) is 59.8 Å². The number of nitriles is 1. The van der Waals surface area contributed by atoms with Gasteiger partial charge in [-0.1, -0.05) is 80.1 Å². The number of aliphatic hydroxyl groups is 7. The Morgan fingerprint density at radius 1 is 0.536 bits per heavy atom. The van der Waals surface area contributed by atoms with Gasteiger partial charge < -0.3 is 82.4 Å². The molecule has 125 heavy (non-hydrogen) atoms. The number of fused-ring (bicyclic) bond motifs is 4. The van der Waals surface area contributed by atoms with E-state index in [4.69, 9.17) is 56.9 Å². The first-order valence-electron chi connectivity index (χ1n) is 44.1. The molecule has 30 nitrogen and oxygen atoms in total. The Labute approximate surface area is 749 Å². The van der Waals surface area contributed by atoms with Gasteiger partial charge in [0, 0.05) is 102 Å². The SMILES string of the molecule is CC(C)(CN)CC1CC1.CC(C)C#N.Cc1nc(NCC(C)(C)CC2CC2)nc(N[C@@H]2C[C@H](CO)[C@@H](O)[C@H]2O)c1-c1nc2cnccc2s1.Cc1nc(NCC(C)(C)CC2CC2)nc(N[C@@H]2C[C@H](CO)[C@H]3OC(C)(C)O[C@H]32)c1-c1nc2cnccc2s1.Cc1nc(S(C)=O)nc(N[C@@H]2C[C@H](CO)[C@@H](O)[C@H]2O)c1-c1nc2cnccc2s1.[C-]#[N+]C(C)(C)CC1CC1. The molecular formula is C91H130N20O10S4. The zero-order chi connectivity index (χ0) is 90.2. The summed E-state index contributed by atoms with van der Waals surface area (Å²) >= 11 is 4.61. The Morgan fingerprint density at radius 3 is 1.23 bits per heavy atom. The van der Waals surface area contributed by atoms with Gasteiger partial charge in [-0.15, -0.1) is 34.0 Å². The summed E-state index contributed by atoms with van der Waals surface area (Å²) in [7, 11) is -1.40. The molecule has 8 fully saturated rings. The summed E-state index contributed by atoms with van der Waals surface area (Å²) in [5.74, 6) is 5.08. The van der Waals surface area contributed by atoms with E-state index in [-0.39, 0.29) is 77.3 Å². The lowest BCUT2D eigenvalue weighted by Gasteiger charge is -2.26. The monoisotopic (exact) mass is 1790 g/mol. The minimum atomic E-state index is -1.40. The molecule has 0 spiro atoms. The zero-order valence-corrected chi connectivity index (χ0v) is 78.5. The third kappa shape index (κ3) is 26.0. The lowest BCUT2D eigenvalue weighted by molar-refractivity contribution is -0.158. The first-order chi connectivity index (χ1) is 59.3. The second-order valence-electron chi connectivity index (χ2n) is 39.1. The molecule has 7 aliphatic carbocycles. The second kappa shape index (κ2) is 41.2. The summed E-state index contributed by atoms with van der Waals surface area (Å²) in [6.07, 6.45) is 24.8. The van der Waals surface area contributed by atoms with Crippen LogP contribution in [0.1, 0.15) is 196 Å². The van der Waals surface area contributed by atoms with Crippen molar-refractivity contribution in [2.24, 2.45) is 69.3 Å². The molecule has 17 rings (SSSR count). The van der Waals surface area contributed by atoms with Crippen molar-refractivity contribution in [3.63, 3.8) is 0 Å². The zero-order valence-electron chi connectivity index (χ0n) is 75.2. The maximum absolute atomic E-state index is 12.0. The van der Waals surface area contributed by atoms with E-state index in [2.05, 4.69) is 103 Å². The highest BCUT2D eigenvalue weighted by atomic mass is 32.2. The quantitative estimate of drug-likeness (QED) is 0.0160. The molecule has 678 valence electrons. The van der Waals surface area contributed by atoms with E-state index in [1.165, 1.54) is 99.6 Å². The largest absolute Gasteiger partial charge is 0.396 e. The number of nitrogens with zero attached hydrogens (tertiary/aromatic N) is 14. The van der Waals surface area contributed by atoms with Gasteiger partial charge in [0.05, 0.1) is 120 Å². The number of thiazole rings is 3. The van der Waals surface area contributed by atoms with Crippen LogP contribution in [0.5, 0.6) is 0 Å². The Kier molecular flexibility index (Phi) is 31.7. The molecule has 8 aliphatic rings. The molecule has 7 saturated carbocycles. The molecule has 10 heterocycles. The van der Waals surface area contributed by atoms with Crippen LogP contribution in [-0.2, 0) is 20.3 Å². The third-order valence-electron chi connectivity index (χ3n) is 24.2. The van der Waals surface area contributed by atoms with Gasteiger partial charge in [-0.2, -0.15) is 15.2 Å². The van der Waals surface area contributed by atoms with Gasteiger partial charge in [0.15, 0.2) is 5.79 Å². The molecule has 13 atom stereocenters. The number of aromatic nitrogens is 12. The highest BCUT2D eigenvalue weighted by Gasteiger charge is 2.54. The molecule has 0 aromatic carbocycles. The van der Waals surface area contributed by atoms with Crippen LogP contribution in [0.3, 0.4) is 0 Å². The van der Waals surface area contributed by atoms with E-state index >= 15 is 0 Å². The number of pyridine rings is 3. The molecule has 34 heteroatoms. The Bertz CT molecular complexity index is 5130. The average molecular weight is 1790 g/mol. The number of nitrogens with two attached hydrogens (primary N) is 1. The number of aryl methyl sites for hydroxylation is 3. The van der Waals surface area contributed by atoms with Crippen LogP contribution < -0.4 is 32.3 Å². The standard InChI is InChI=1S/C28H38N6O3S.C25H34N6O3S.C18H21N5O4S2.C8H13N.C8H17N.C4H7N/c1-15-21(25-33-19-12-29-9-8-20(19)38-25)24(34-26(31-15)30-14-27(2,3)11-16-6-7-16)32-18-10-17(13-35)22-23(18)37-28(4,5)36-22;1-13-19(23-30-17-10-26-7-6-18(17)35-23)22(29-16-8-15(11-32)20(33)21(16)34)31-24(28-13)27-12-25(2,3)9-14-4-5-14;1-8-13(17-22-11-6-19-4-3-12(11)28-17)16(23-18(20-8)29(2)27)21-10-5-9(7-24)14(25)15(10)26;1-8(2,9-3)6-7-4-5-7;1-8(2,6-9)5-7-3-4-7;1-4(2)3-5/h8-9,12,16-18,22-23,35H,6-7,10-11,13-14H2,1-5H3,(H2,30,31,32,34);6-7,10,14-16,20-21,32-34H,4-5,8-9,11-12H2,1-3H3,(H2,27,28,29,31);3-4,6,9-10,14-15,24-26H,5,7H2,1-2H3,(H,20,21,23);7H,4-6H2,1-2H3;7H,3-6,9H2,1-2H3;4H,1-2H3/t17-,18-,22-,23+;15-,16-,20-,21+;9-,10-,14-,15+,29?;;;/m111.../s1. The topological polar surface area (TPSA) is 446 Å². The van der Waals surface area contributed by atoms with Crippen molar-refractivity contribution in [3.05, 3.63) is 83.9 Å². The third-order valence-corrected chi connectivity index (χ3v) is 28.1. The molecule has 0 bridgehead atoms. The van der Waals surface area contributed by atoms with Crippen LogP contribution in [0.15, 0.2) is 60.5 Å². The highest BCUT2D eigenvalue weighted by molar-refractivity contribution is 7.84. The summed E-state index contributed by atoms with van der Waals surface area (Å²) in [6.45, 7) is 39.9. The van der Waals surface area contributed by atoms with Gasteiger partial charge in [0.1, 0.15) is 67.3 Å². The fraction of sp³-hybridized carbons (Fsp3) is 0.648. The van der Waals surface area contributed by atoms with Crippen molar-refractivity contribution in [2.75, 3.05) is 72.3 Å². The molecule has 9 aromatic rings. The fourth-order valence-electron chi connectivity index (χ4n) is 16.8. The number of ether oxygens (including phenoxy) is 2. The number of hydrogen-bond acceptors (Lipinski definition) is 32. The van der Waals surface area contributed by atoms with Gasteiger partial charge in [-0.25, -0.2) is 41.5 Å². The van der Waals surface area contributed by atoms with E-state index in [9.17, 15) is 40.0 Å². The molecule has 14 N–H and O–H groups in total. The van der Waals surface area contributed by atoms with Gasteiger partial charge >= 0.3 is 0 Å². The first-order valence-corrected chi connectivity index (χ1v) is 48.1. The van der Waals surface area contributed by atoms with Crippen molar-refractivity contribution >= 4 is 105 Å². The van der Waals surface area contributed by atoms with Gasteiger partial charge in [0.2, 0.25) is 22.6 Å². The van der Waals surface area contributed by atoms with Crippen LogP contribution in [0.4, 0.5) is 29.4 Å². The van der Waals surface area contributed by atoms with Gasteiger partial charge in [-0.3, -0.25) is 19.2 Å². The Hall–Kier alpha value is -7.91. The molecule has 1 saturated heterocycles. The summed E-state index contributed by atoms with van der Waals surface area (Å²) in [5.41, 5.74) is 13.1. The molecule has 1 unspecified atom stereocenters. The summed E-state index contributed by atoms with van der Waals surface area (Å²) in [6, 6.07) is 6.77.